The minimum atomic E-state index is -1.12. The Morgan fingerprint density at radius 2 is 1.88 bits per heavy atom. The molecule has 0 saturated heterocycles. The molecule has 6 heteroatoms. The number of carbonyl (C=O) groups is 1. The fraction of sp³-hybridized carbons (Fsp3) is 0.158. The third-order valence-corrected chi connectivity index (χ3v) is 4.44. The maximum absolute atomic E-state index is 11.1. The van der Waals surface area contributed by atoms with Crippen molar-refractivity contribution in [1.29, 1.82) is 0 Å². The Bertz CT molecular complexity index is 845. The van der Waals surface area contributed by atoms with Gasteiger partial charge in [0.1, 0.15) is 5.75 Å². The van der Waals surface area contributed by atoms with Gasteiger partial charge < -0.3 is 20.0 Å². The largest absolute Gasteiger partial charge is 0.550 e. The number of aromatic nitrogens is 1. The predicted molar refractivity (Wildman–Crippen MR) is 97.2 cm³/mol. The first-order chi connectivity index (χ1) is 12.2. The van der Waals surface area contributed by atoms with Crippen molar-refractivity contribution in [3.05, 3.63) is 59.5 Å². The standard InChI is InChI=1S/C19H18N2O3S/c1-2-24-15-10-8-14(9-11-15)20-19-21-18(13-6-4-3-5-7-13)16(25-19)12-17(22)23/h3-11H,2,12H2,1H3,(H,20,21)(H,22,23)/p-1. The number of carboxylic acid groups (broad SMARTS) is 1. The number of nitrogens with zero attached hydrogens (tertiary/aromatic N) is 1. The lowest BCUT2D eigenvalue weighted by Gasteiger charge is -2.05. The van der Waals surface area contributed by atoms with E-state index in [1.165, 1.54) is 11.3 Å². The van der Waals surface area contributed by atoms with E-state index in [0.717, 1.165) is 17.0 Å². The molecule has 1 heterocycles. The number of carbonyl (C=O) groups excluding carboxylic acids is 1. The van der Waals surface area contributed by atoms with E-state index in [4.69, 9.17) is 4.74 Å². The fourth-order valence-electron chi connectivity index (χ4n) is 2.40. The van der Waals surface area contributed by atoms with E-state index in [1.54, 1.807) is 0 Å². The van der Waals surface area contributed by atoms with Crippen LogP contribution in [-0.2, 0) is 11.2 Å². The van der Waals surface area contributed by atoms with Crippen molar-refractivity contribution in [1.82, 2.24) is 4.98 Å². The molecule has 2 aromatic carbocycles. The first-order valence-corrected chi connectivity index (χ1v) is 8.72. The van der Waals surface area contributed by atoms with E-state index in [-0.39, 0.29) is 6.42 Å². The van der Waals surface area contributed by atoms with Crippen LogP contribution in [0.4, 0.5) is 10.8 Å². The lowest BCUT2D eigenvalue weighted by Crippen LogP contribution is -2.24. The van der Waals surface area contributed by atoms with Gasteiger partial charge in [0.05, 0.1) is 12.3 Å². The van der Waals surface area contributed by atoms with Crippen molar-refractivity contribution in [2.45, 2.75) is 13.3 Å². The molecule has 0 aliphatic carbocycles. The summed E-state index contributed by atoms with van der Waals surface area (Å²) in [6.07, 6.45) is -0.160. The molecule has 3 aromatic rings. The monoisotopic (exact) mass is 353 g/mol. The zero-order valence-electron chi connectivity index (χ0n) is 13.7. The van der Waals surface area contributed by atoms with E-state index in [2.05, 4.69) is 10.3 Å². The summed E-state index contributed by atoms with van der Waals surface area (Å²) >= 11 is 1.32. The number of carboxylic acids is 1. The predicted octanol–water partition coefficient (Wildman–Crippen LogP) is 3.24. The highest BCUT2D eigenvalue weighted by Gasteiger charge is 2.13. The van der Waals surface area contributed by atoms with Crippen molar-refractivity contribution in [2.24, 2.45) is 0 Å². The van der Waals surface area contributed by atoms with Crippen molar-refractivity contribution in [2.75, 3.05) is 11.9 Å². The Hall–Kier alpha value is -2.86. The Morgan fingerprint density at radius 1 is 1.16 bits per heavy atom. The molecular formula is C19H17N2O3S-. The van der Waals surface area contributed by atoms with Crippen molar-refractivity contribution in [3.63, 3.8) is 0 Å². The molecule has 0 bridgehead atoms. The van der Waals surface area contributed by atoms with E-state index >= 15 is 0 Å². The highest BCUT2D eigenvalue weighted by molar-refractivity contribution is 7.16. The molecule has 0 fully saturated rings. The van der Waals surface area contributed by atoms with Gasteiger partial charge in [-0.1, -0.05) is 30.3 Å². The summed E-state index contributed by atoms with van der Waals surface area (Å²) in [5, 5.41) is 14.9. The minimum Gasteiger partial charge on any atom is -0.550 e. The van der Waals surface area contributed by atoms with Gasteiger partial charge in [-0.05, 0) is 31.2 Å². The number of benzene rings is 2. The second-order valence-corrected chi connectivity index (χ2v) is 6.37. The topological polar surface area (TPSA) is 74.3 Å². The quantitative estimate of drug-likeness (QED) is 0.706. The summed E-state index contributed by atoms with van der Waals surface area (Å²) in [6.45, 7) is 2.55. The van der Waals surface area contributed by atoms with Gasteiger partial charge in [0.25, 0.3) is 0 Å². The maximum Gasteiger partial charge on any atom is 0.187 e. The summed E-state index contributed by atoms with van der Waals surface area (Å²) in [5.41, 5.74) is 2.41. The van der Waals surface area contributed by atoms with E-state index in [9.17, 15) is 9.90 Å². The van der Waals surface area contributed by atoms with Crippen LogP contribution in [0.2, 0.25) is 0 Å². The Kier molecular flexibility index (Phi) is 5.30. The number of thiazole rings is 1. The highest BCUT2D eigenvalue weighted by Crippen LogP contribution is 2.33. The van der Waals surface area contributed by atoms with Crippen LogP contribution in [0.3, 0.4) is 0 Å². The van der Waals surface area contributed by atoms with Gasteiger partial charge >= 0.3 is 0 Å². The third-order valence-electron chi connectivity index (χ3n) is 3.47. The molecule has 25 heavy (non-hydrogen) atoms. The Balaban J connectivity index is 1.86. The zero-order chi connectivity index (χ0) is 17.6. The fourth-order valence-corrected chi connectivity index (χ4v) is 3.39. The molecule has 128 valence electrons. The molecule has 0 aliphatic rings. The SMILES string of the molecule is CCOc1ccc(Nc2nc(-c3ccccc3)c(CC(=O)[O-])s2)cc1. The molecule has 1 aromatic heterocycles. The summed E-state index contributed by atoms with van der Waals surface area (Å²) in [6, 6.07) is 17.1. The van der Waals surface area contributed by atoms with Gasteiger partial charge in [-0.25, -0.2) is 4.98 Å². The van der Waals surface area contributed by atoms with Crippen LogP contribution in [-0.4, -0.2) is 17.6 Å². The highest BCUT2D eigenvalue weighted by atomic mass is 32.1. The average molecular weight is 353 g/mol. The summed E-state index contributed by atoms with van der Waals surface area (Å²) in [7, 11) is 0. The number of hydrogen-bond acceptors (Lipinski definition) is 6. The molecule has 0 atom stereocenters. The van der Waals surface area contributed by atoms with Crippen LogP contribution >= 0.6 is 11.3 Å². The van der Waals surface area contributed by atoms with Gasteiger partial charge in [0.2, 0.25) is 0 Å². The number of anilines is 2. The van der Waals surface area contributed by atoms with Crippen LogP contribution in [0.25, 0.3) is 11.3 Å². The van der Waals surface area contributed by atoms with Gasteiger partial charge in [0.15, 0.2) is 5.13 Å². The summed E-state index contributed by atoms with van der Waals surface area (Å²) < 4.78 is 5.42. The molecule has 3 rings (SSSR count). The second-order valence-electron chi connectivity index (χ2n) is 5.29. The molecule has 0 aliphatic heterocycles. The Labute approximate surface area is 149 Å². The van der Waals surface area contributed by atoms with Crippen LogP contribution in [0.5, 0.6) is 5.75 Å². The smallest absolute Gasteiger partial charge is 0.187 e. The van der Waals surface area contributed by atoms with Crippen molar-refractivity contribution >= 4 is 28.1 Å². The van der Waals surface area contributed by atoms with Gasteiger partial charge in [-0.15, -0.1) is 11.3 Å². The van der Waals surface area contributed by atoms with Crippen molar-refractivity contribution < 1.29 is 14.6 Å². The lowest BCUT2D eigenvalue weighted by atomic mass is 10.1. The molecule has 0 unspecified atom stereocenters. The van der Waals surface area contributed by atoms with E-state index in [1.807, 2.05) is 61.5 Å². The number of ether oxygens (including phenoxy) is 1. The lowest BCUT2D eigenvalue weighted by molar-refractivity contribution is -0.304. The van der Waals surface area contributed by atoms with Gasteiger partial charge in [0, 0.05) is 28.5 Å². The Morgan fingerprint density at radius 3 is 2.52 bits per heavy atom. The molecule has 5 nitrogen and oxygen atoms in total. The van der Waals surface area contributed by atoms with Gasteiger partial charge in [-0.3, -0.25) is 0 Å². The van der Waals surface area contributed by atoms with E-state index in [0.29, 0.717) is 22.3 Å². The van der Waals surface area contributed by atoms with Crippen LogP contribution < -0.4 is 15.2 Å². The summed E-state index contributed by atoms with van der Waals surface area (Å²) in [5.74, 6) is -0.316. The number of hydrogen-bond donors (Lipinski definition) is 1. The van der Waals surface area contributed by atoms with Crippen LogP contribution in [0.15, 0.2) is 54.6 Å². The molecule has 1 N–H and O–H groups in total. The third kappa shape index (κ3) is 4.36. The molecule has 0 spiro atoms. The first kappa shape index (κ1) is 17.0. The number of nitrogens with one attached hydrogen (secondary N) is 1. The van der Waals surface area contributed by atoms with Crippen LogP contribution in [0.1, 0.15) is 11.8 Å². The molecule has 0 amide bonds. The number of aliphatic carboxylic acids is 1. The molecule has 0 saturated carbocycles. The molecular weight excluding hydrogens is 336 g/mol. The maximum atomic E-state index is 11.1. The van der Waals surface area contributed by atoms with Crippen LogP contribution in [0, 0.1) is 0 Å². The first-order valence-electron chi connectivity index (χ1n) is 7.90. The zero-order valence-corrected chi connectivity index (χ0v) is 14.5. The van der Waals surface area contributed by atoms with Crippen molar-refractivity contribution in [3.8, 4) is 17.0 Å². The normalized spacial score (nSPS) is 10.4. The summed E-state index contributed by atoms with van der Waals surface area (Å²) in [4.78, 5) is 16.3. The minimum absolute atomic E-state index is 0.160. The van der Waals surface area contributed by atoms with Gasteiger partial charge in [-0.2, -0.15) is 0 Å². The van der Waals surface area contributed by atoms with E-state index < -0.39 is 5.97 Å². The second kappa shape index (κ2) is 7.81. The molecule has 0 radical (unpaired) electrons. The average Bonchev–Trinajstić information content (AvgIpc) is 2.99. The number of rotatable bonds is 7.